The van der Waals surface area contributed by atoms with Crippen molar-refractivity contribution in [2.75, 3.05) is 39.5 Å². The monoisotopic (exact) mass is 269 g/mol. The molecule has 1 atom stereocenters. The molecular weight excluding hydrogens is 246 g/mol. The van der Waals surface area contributed by atoms with Gasteiger partial charge in [0.1, 0.15) is 18.5 Å². The van der Waals surface area contributed by atoms with E-state index in [2.05, 4.69) is 5.32 Å². The van der Waals surface area contributed by atoms with E-state index in [1.165, 1.54) is 5.56 Å². The highest BCUT2D eigenvalue weighted by Gasteiger charge is 2.04. The summed E-state index contributed by atoms with van der Waals surface area (Å²) in [6, 6.07) is 7.72. The van der Waals surface area contributed by atoms with Crippen LogP contribution in [0.3, 0.4) is 0 Å². The number of hydrogen-bond acceptors (Lipinski definition) is 5. The minimum absolute atomic E-state index is 0.0347. The van der Waals surface area contributed by atoms with Gasteiger partial charge in [-0.05, 0) is 19.1 Å². The average Bonchev–Trinajstić information content (AvgIpc) is 2.42. The molecule has 5 heteroatoms. The van der Waals surface area contributed by atoms with E-state index in [1.807, 2.05) is 31.2 Å². The molecular formula is C14H23NO4. The minimum Gasteiger partial charge on any atom is -0.491 e. The molecule has 0 saturated heterocycles. The maximum atomic E-state index is 9.70. The summed E-state index contributed by atoms with van der Waals surface area (Å²) in [7, 11) is 0. The molecule has 0 heterocycles. The third-order valence-corrected chi connectivity index (χ3v) is 2.50. The number of nitrogens with one attached hydrogen (secondary N) is 1. The molecule has 0 radical (unpaired) electrons. The lowest BCUT2D eigenvalue weighted by Crippen LogP contribution is -2.33. The van der Waals surface area contributed by atoms with E-state index in [9.17, 15) is 5.11 Å². The summed E-state index contributed by atoms with van der Waals surface area (Å²) >= 11 is 0. The van der Waals surface area contributed by atoms with Gasteiger partial charge < -0.3 is 25.0 Å². The highest BCUT2D eigenvalue weighted by Crippen LogP contribution is 2.11. The number of benzene rings is 1. The summed E-state index contributed by atoms with van der Waals surface area (Å²) in [5, 5.41) is 21.3. The maximum Gasteiger partial charge on any atom is 0.119 e. The Labute approximate surface area is 114 Å². The Hall–Kier alpha value is -1.14. The zero-order valence-electron chi connectivity index (χ0n) is 11.3. The topological polar surface area (TPSA) is 71.0 Å². The van der Waals surface area contributed by atoms with Gasteiger partial charge in [-0.3, -0.25) is 0 Å². The lowest BCUT2D eigenvalue weighted by atomic mass is 10.2. The van der Waals surface area contributed by atoms with Gasteiger partial charge in [-0.1, -0.05) is 17.7 Å². The Bertz CT molecular complexity index is 329. The molecule has 0 aliphatic carbocycles. The van der Waals surface area contributed by atoms with E-state index in [4.69, 9.17) is 14.6 Å². The summed E-state index contributed by atoms with van der Waals surface area (Å²) < 4.78 is 10.5. The molecule has 0 aromatic heterocycles. The van der Waals surface area contributed by atoms with Gasteiger partial charge in [0.25, 0.3) is 0 Å². The smallest absolute Gasteiger partial charge is 0.119 e. The summed E-state index contributed by atoms with van der Waals surface area (Å²) in [6.07, 6.45) is -0.556. The van der Waals surface area contributed by atoms with Crippen molar-refractivity contribution in [1.82, 2.24) is 5.32 Å². The lowest BCUT2D eigenvalue weighted by molar-refractivity contribution is 0.0842. The Morgan fingerprint density at radius 2 is 1.95 bits per heavy atom. The predicted molar refractivity (Wildman–Crippen MR) is 73.5 cm³/mol. The van der Waals surface area contributed by atoms with Crippen LogP contribution in [0.4, 0.5) is 0 Å². The first-order valence-corrected chi connectivity index (χ1v) is 6.49. The van der Waals surface area contributed by atoms with Gasteiger partial charge in [-0.15, -0.1) is 0 Å². The van der Waals surface area contributed by atoms with Crippen molar-refractivity contribution in [3.8, 4) is 5.75 Å². The number of rotatable bonds is 10. The molecule has 1 rings (SSSR count). The molecule has 0 fully saturated rings. The highest BCUT2D eigenvalue weighted by molar-refractivity contribution is 5.26. The maximum absolute atomic E-state index is 9.70. The quantitative estimate of drug-likeness (QED) is 0.534. The Morgan fingerprint density at radius 3 is 2.63 bits per heavy atom. The van der Waals surface area contributed by atoms with Crippen LogP contribution in [0.1, 0.15) is 5.56 Å². The average molecular weight is 269 g/mol. The fourth-order valence-electron chi connectivity index (χ4n) is 1.47. The first-order valence-electron chi connectivity index (χ1n) is 6.49. The van der Waals surface area contributed by atoms with E-state index in [0.29, 0.717) is 26.3 Å². The Morgan fingerprint density at radius 1 is 1.21 bits per heavy atom. The molecule has 0 amide bonds. The van der Waals surface area contributed by atoms with E-state index in [1.54, 1.807) is 0 Å². The van der Waals surface area contributed by atoms with Crippen LogP contribution in [0.25, 0.3) is 0 Å². The molecule has 0 bridgehead atoms. The van der Waals surface area contributed by atoms with Gasteiger partial charge in [0.2, 0.25) is 0 Å². The van der Waals surface area contributed by atoms with E-state index in [-0.39, 0.29) is 13.2 Å². The predicted octanol–water partition coefficient (Wildman–Crippen LogP) is 0.333. The second-order valence-corrected chi connectivity index (χ2v) is 4.32. The molecule has 5 nitrogen and oxygen atoms in total. The van der Waals surface area contributed by atoms with Crippen molar-refractivity contribution in [2.45, 2.75) is 13.0 Å². The van der Waals surface area contributed by atoms with Crippen LogP contribution in [-0.2, 0) is 4.74 Å². The lowest BCUT2D eigenvalue weighted by Gasteiger charge is -2.13. The Kier molecular flexibility index (Phi) is 8.16. The SMILES string of the molecule is Cc1ccc(OCC(O)CNCCOCCO)cc1. The zero-order chi connectivity index (χ0) is 13.9. The normalized spacial score (nSPS) is 12.4. The molecule has 0 saturated carbocycles. The van der Waals surface area contributed by atoms with Crippen LogP contribution >= 0.6 is 0 Å². The molecule has 0 spiro atoms. The second kappa shape index (κ2) is 9.75. The van der Waals surface area contributed by atoms with Crippen LogP contribution in [0.5, 0.6) is 5.75 Å². The van der Waals surface area contributed by atoms with Gasteiger partial charge in [0, 0.05) is 13.1 Å². The third kappa shape index (κ3) is 7.79. The van der Waals surface area contributed by atoms with Crippen molar-refractivity contribution in [2.24, 2.45) is 0 Å². The van der Waals surface area contributed by atoms with Gasteiger partial charge >= 0.3 is 0 Å². The Balaban J connectivity index is 2.04. The summed E-state index contributed by atoms with van der Waals surface area (Å²) in [5.74, 6) is 0.760. The van der Waals surface area contributed by atoms with Crippen molar-refractivity contribution < 1.29 is 19.7 Å². The number of ether oxygens (including phenoxy) is 2. The van der Waals surface area contributed by atoms with Crippen molar-refractivity contribution in [3.63, 3.8) is 0 Å². The van der Waals surface area contributed by atoms with Crippen LogP contribution in [-0.4, -0.2) is 55.8 Å². The molecule has 1 aromatic rings. The van der Waals surface area contributed by atoms with Crippen molar-refractivity contribution >= 4 is 0 Å². The fourth-order valence-corrected chi connectivity index (χ4v) is 1.47. The number of aliphatic hydroxyl groups is 2. The van der Waals surface area contributed by atoms with Crippen LogP contribution in [0.15, 0.2) is 24.3 Å². The van der Waals surface area contributed by atoms with E-state index in [0.717, 1.165) is 5.75 Å². The fraction of sp³-hybridized carbons (Fsp3) is 0.571. The van der Waals surface area contributed by atoms with Gasteiger partial charge in [0.15, 0.2) is 0 Å². The second-order valence-electron chi connectivity index (χ2n) is 4.32. The molecule has 108 valence electrons. The summed E-state index contributed by atoms with van der Waals surface area (Å²) in [6.45, 7) is 4.27. The number of hydrogen-bond donors (Lipinski definition) is 3. The first-order chi connectivity index (χ1) is 9.22. The van der Waals surface area contributed by atoms with Crippen LogP contribution < -0.4 is 10.1 Å². The molecule has 1 aromatic carbocycles. The molecule has 0 aliphatic rings. The zero-order valence-corrected chi connectivity index (χ0v) is 11.3. The summed E-state index contributed by atoms with van der Waals surface area (Å²) in [5.41, 5.74) is 1.18. The van der Waals surface area contributed by atoms with Crippen LogP contribution in [0, 0.1) is 6.92 Å². The molecule has 19 heavy (non-hydrogen) atoms. The van der Waals surface area contributed by atoms with E-state index >= 15 is 0 Å². The van der Waals surface area contributed by atoms with Crippen molar-refractivity contribution in [1.29, 1.82) is 0 Å². The third-order valence-electron chi connectivity index (χ3n) is 2.50. The first kappa shape index (κ1) is 15.9. The molecule has 3 N–H and O–H groups in total. The van der Waals surface area contributed by atoms with Crippen molar-refractivity contribution in [3.05, 3.63) is 29.8 Å². The van der Waals surface area contributed by atoms with Gasteiger partial charge in [-0.25, -0.2) is 0 Å². The summed E-state index contributed by atoms with van der Waals surface area (Å²) in [4.78, 5) is 0. The molecule has 1 unspecified atom stereocenters. The van der Waals surface area contributed by atoms with E-state index < -0.39 is 6.10 Å². The minimum atomic E-state index is -0.556. The number of aryl methyl sites for hydroxylation is 1. The molecule has 0 aliphatic heterocycles. The van der Waals surface area contributed by atoms with Crippen LogP contribution in [0.2, 0.25) is 0 Å². The largest absolute Gasteiger partial charge is 0.491 e. The van der Waals surface area contributed by atoms with Gasteiger partial charge in [0.05, 0.1) is 19.8 Å². The number of aliphatic hydroxyl groups excluding tert-OH is 2. The standard InChI is InChI=1S/C14H23NO4/c1-12-2-4-14(5-3-12)19-11-13(17)10-15-6-8-18-9-7-16/h2-5,13,15-17H,6-11H2,1H3. The highest BCUT2D eigenvalue weighted by atomic mass is 16.5. The van der Waals surface area contributed by atoms with Gasteiger partial charge in [-0.2, -0.15) is 0 Å².